The number of fused-ring (bicyclic) bond motifs is 3. The molecule has 0 aromatic heterocycles. The van der Waals surface area contributed by atoms with Gasteiger partial charge in [0.05, 0.1) is 18.6 Å². The van der Waals surface area contributed by atoms with Crippen molar-refractivity contribution < 1.29 is 29.0 Å². The Morgan fingerprint density at radius 1 is 1.06 bits per heavy atom. The molecule has 3 N–H and O–H groups in total. The number of carboxylic acids is 1. The summed E-state index contributed by atoms with van der Waals surface area (Å²) in [6, 6.07) is 15.3. The van der Waals surface area contributed by atoms with Gasteiger partial charge >= 0.3 is 12.1 Å². The quantitative estimate of drug-likeness (QED) is 0.559. The lowest BCUT2D eigenvalue weighted by Gasteiger charge is -2.30. The van der Waals surface area contributed by atoms with E-state index in [2.05, 4.69) is 22.8 Å². The van der Waals surface area contributed by atoms with Crippen LogP contribution in [0.2, 0.25) is 0 Å². The molecule has 3 atom stereocenters. The first-order valence-electron chi connectivity index (χ1n) is 11.9. The van der Waals surface area contributed by atoms with Gasteiger partial charge in [-0.25, -0.2) is 4.79 Å². The summed E-state index contributed by atoms with van der Waals surface area (Å²) in [6.45, 7) is 6.04. The Hall–Kier alpha value is -3.39. The Kier molecular flexibility index (Phi) is 7.12. The largest absolute Gasteiger partial charge is 0.481 e. The van der Waals surface area contributed by atoms with E-state index in [1.807, 2.05) is 57.2 Å². The zero-order valence-corrected chi connectivity index (χ0v) is 20.2. The molecule has 2 aliphatic rings. The van der Waals surface area contributed by atoms with Crippen molar-refractivity contribution in [3.63, 3.8) is 0 Å². The number of carbonyl (C=O) groups excluding carboxylic acids is 2. The van der Waals surface area contributed by atoms with Crippen LogP contribution in [-0.4, -0.2) is 55.0 Å². The number of aliphatic carboxylic acids is 1. The summed E-state index contributed by atoms with van der Waals surface area (Å²) in [5.41, 5.74) is 3.94. The molecule has 0 bridgehead atoms. The summed E-state index contributed by atoms with van der Waals surface area (Å²) in [5.74, 6) is -1.90. The molecule has 1 heterocycles. The van der Waals surface area contributed by atoms with E-state index in [0.717, 1.165) is 22.3 Å². The average molecular weight is 481 g/mol. The summed E-state index contributed by atoms with van der Waals surface area (Å²) in [4.78, 5) is 36.8. The molecule has 2 amide bonds. The van der Waals surface area contributed by atoms with E-state index in [-0.39, 0.29) is 37.7 Å². The first-order valence-corrected chi connectivity index (χ1v) is 11.9. The van der Waals surface area contributed by atoms with Crippen LogP contribution in [0, 0.1) is 11.3 Å². The Bertz CT molecular complexity index is 1060. The molecule has 35 heavy (non-hydrogen) atoms. The average Bonchev–Trinajstić information content (AvgIpc) is 3.42. The minimum atomic E-state index is -0.900. The molecule has 1 fully saturated rings. The molecule has 0 spiro atoms. The lowest BCUT2D eigenvalue weighted by Crippen LogP contribution is -2.54. The van der Waals surface area contributed by atoms with Crippen LogP contribution < -0.4 is 10.6 Å². The van der Waals surface area contributed by atoms with Crippen molar-refractivity contribution >= 4 is 18.0 Å². The maximum atomic E-state index is 12.9. The van der Waals surface area contributed by atoms with E-state index in [9.17, 15) is 14.4 Å². The number of nitrogens with one attached hydrogen (secondary N) is 2. The van der Waals surface area contributed by atoms with Crippen molar-refractivity contribution in [1.29, 1.82) is 0 Å². The number of hydrogen-bond acceptors (Lipinski definition) is 5. The fourth-order valence-corrected chi connectivity index (χ4v) is 4.77. The predicted molar refractivity (Wildman–Crippen MR) is 130 cm³/mol. The van der Waals surface area contributed by atoms with E-state index in [1.54, 1.807) is 0 Å². The van der Waals surface area contributed by atoms with Crippen molar-refractivity contribution in [2.24, 2.45) is 11.3 Å². The van der Waals surface area contributed by atoms with Crippen LogP contribution in [0.4, 0.5) is 4.79 Å². The fraction of sp³-hybridized carbons (Fsp3) is 0.444. The molecule has 1 aliphatic carbocycles. The van der Waals surface area contributed by atoms with E-state index in [4.69, 9.17) is 14.6 Å². The SMILES string of the molecule is CC(C)(C)[C@@H](NC(=O)OCC1c2ccccc2-c2ccccc21)C(=O)NCC1CC(C(=O)O)CO1. The van der Waals surface area contributed by atoms with Gasteiger partial charge in [0, 0.05) is 12.5 Å². The van der Waals surface area contributed by atoms with Crippen molar-refractivity contribution in [2.75, 3.05) is 19.8 Å². The van der Waals surface area contributed by atoms with Crippen LogP contribution in [0.5, 0.6) is 0 Å². The zero-order valence-electron chi connectivity index (χ0n) is 20.2. The molecule has 8 nitrogen and oxygen atoms in total. The minimum absolute atomic E-state index is 0.0724. The maximum absolute atomic E-state index is 12.9. The lowest BCUT2D eigenvalue weighted by atomic mass is 9.86. The highest BCUT2D eigenvalue weighted by molar-refractivity contribution is 5.86. The Labute approximate surface area is 205 Å². The van der Waals surface area contributed by atoms with Gasteiger partial charge in [-0.05, 0) is 34.1 Å². The third-order valence-corrected chi connectivity index (χ3v) is 6.67. The first-order chi connectivity index (χ1) is 16.6. The molecule has 0 saturated carbocycles. The second-order valence-corrected chi connectivity index (χ2v) is 10.2. The van der Waals surface area contributed by atoms with Crippen LogP contribution in [-0.2, 0) is 19.1 Å². The van der Waals surface area contributed by atoms with Gasteiger partial charge in [0.25, 0.3) is 0 Å². The fourth-order valence-electron chi connectivity index (χ4n) is 4.77. The van der Waals surface area contributed by atoms with Crippen LogP contribution in [0.1, 0.15) is 44.2 Å². The molecule has 4 rings (SSSR count). The zero-order chi connectivity index (χ0) is 25.2. The van der Waals surface area contributed by atoms with Gasteiger partial charge in [0.1, 0.15) is 12.6 Å². The van der Waals surface area contributed by atoms with Gasteiger partial charge in [-0.15, -0.1) is 0 Å². The van der Waals surface area contributed by atoms with Crippen LogP contribution in [0.15, 0.2) is 48.5 Å². The summed E-state index contributed by atoms with van der Waals surface area (Å²) in [7, 11) is 0. The molecule has 8 heteroatoms. The molecule has 186 valence electrons. The first kappa shape index (κ1) is 24.7. The number of rotatable bonds is 7. The smallest absolute Gasteiger partial charge is 0.407 e. The Morgan fingerprint density at radius 2 is 1.66 bits per heavy atom. The monoisotopic (exact) mass is 480 g/mol. The van der Waals surface area contributed by atoms with Crippen molar-refractivity contribution in [2.45, 2.75) is 45.3 Å². The highest BCUT2D eigenvalue weighted by Gasteiger charge is 2.36. The standard InChI is InChI=1S/C27H32N2O6/c1-27(2,3)23(24(30)28-13-17-12-16(14-34-17)25(31)32)29-26(33)35-15-22-20-10-6-4-8-18(20)19-9-5-7-11-21(19)22/h4-11,16-17,22-23H,12-15H2,1-3H3,(H,28,30)(H,29,33)(H,31,32)/t16?,17?,23-/m0/s1. The van der Waals surface area contributed by atoms with E-state index in [0.29, 0.717) is 6.42 Å². The molecule has 2 unspecified atom stereocenters. The third-order valence-electron chi connectivity index (χ3n) is 6.67. The lowest BCUT2D eigenvalue weighted by molar-refractivity contribution is -0.141. The molecular weight excluding hydrogens is 448 g/mol. The number of amides is 2. The second kappa shape index (κ2) is 10.1. The number of carboxylic acid groups (broad SMARTS) is 1. The van der Waals surface area contributed by atoms with E-state index >= 15 is 0 Å². The summed E-state index contributed by atoms with van der Waals surface area (Å²) >= 11 is 0. The maximum Gasteiger partial charge on any atom is 0.407 e. The van der Waals surface area contributed by atoms with Crippen LogP contribution >= 0.6 is 0 Å². The van der Waals surface area contributed by atoms with E-state index < -0.39 is 29.4 Å². The highest BCUT2D eigenvalue weighted by atomic mass is 16.5. The summed E-state index contributed by atoms with van der Waals surface area (Å²) in [5, 5.41) is 14.6. The van der Waals surface area contributed by atoms with Crippen molar-refractivity contribution in [3.05, 3.63) is 59.7 Å². The van der Waals surface area contributed by atoms with Gasteiger partial charge in [-0.1, -0.05) is 69.3 Å². The normalized spacial score (nSPS) is 20.0. The molecular formula is C27H32N2O6. The molecule has 1 saturated heterocycles. The third kappa shape index (κ3) is 5.48. The summed E-state index contributed by atoms with van der Waals surface area (Å²) < 4.78 is 11.1. The van der Waals surface area contributed by atoms with Crippen molar-refractivity contribution in [3.8, 4) is 11.1 Å². The number of hydrogen-bond donors (Lipinski definition) is 3. The second-order valence-electron chi connectivity index (χ2n) is 10.2. The minimum Gasteiger partial charge on any atom is -0.481 e. The Morgan fingerprint density at radius 3 is 2.20 bits per heavy atom. The van der Waals surface area contributed by atoms with Gasteiger partial charge < -0.3 is 25.2 Å². The Balaban J connectivity index is 1.35. The molecule has 0 radical (unpaired) electrons. The summed E-state index contributed by atoms with van der Waals surface area (Å²) in [6.07, 6.45) is -0.685. The van der Waals surface area contributed by atoms with Crippen LogP contribution in [0.3, 0.4) is 0 Å². The van der Waals surface area contributed by atoms with Gasteiger partial charge in [-0.2, -0.15) is 0 Å². The predicted octanol–water partition coefficient (Wildman–Crippen LogP) is 3.55. The number of alkyl carbamates (subject to hydrolysis) is 1. The molecule has 1 aliphatic heterocycles. The number of ether oxygens (including phenoxy) is 2. The van der Waals surface area contributed by atoms with Gasteiger partial charge in [0.15, 0.2) is 0 Å². The highest BCUT2D eigenvalue weighted by Crippen LogP contribution is 2.44. The molecule has 2 aromatic rings. The topological polar surface area (TPSA) is 114 Å². The van der Waals surface area contributed by atoms with Gasteiger partial charge in [0.2, 0.25) is 5.91 Å². The van der Waals surface area contributed by atoms with Gasteiger partial charge in [-0.3, -0.25) is 9.59 Å². The van der Waals surface area contributed by atoms with Crippen molar-refractivity contribution in [1.82, 2.24) is 10.6 Å². The number of benzene rings is 2. The van der Waals surface area contributed by atoms with E-state index in [1.165, 1.54) is 0 Å². The molecule has 2 aromatic carbocycles. The number of carbonyl (C=O) groups is 3. The van der Waals surface area contributed by atoms with Crippen LogP contribution in [0.25, 0.3) is 11.1 Å².